The van der Waals surface area contributed by atoms with Crippen LogP contribution in [0.3, 0.4) is 0 Å². The zero-order chi connectivity index (χ0) is 9.68. The Hall–Kier alpha value is -0.570. The van der Waals surface area contributed by atoms with Crippen LogP contribution in [-0.2, 0) is 9.53 Å². The Kier molecular flexibility index (Phi) is 4.22. The summed E-state index contributed by atoms with van der Waals surface area (Å²) in [6, 6.07) is 0. The molecule has 1 fully saturated rings. The summed E-state index contributed by atoms with van der Waals surface area (Å²) in [5, 5.41) is 0. The van der Waals surface area contributed by atoms with Crippen LogP contribution in [0.1, 0.15) is 33.1 Å². The highest BCUT2D eigenvalue weighted by Gasteiger charge is 2.24. The van der Waals surface area contributed by atoms with Gasteiger partial charge in [0.05, 0.1) is 6.61 Å². The van der Waals surface area contributed by atoms with E-state index in [9.17, 15) is 4.79 Å². The van der Waals surface area contributed by atoms with Crippen LogP contribution in [0.2, 0.25) is 0 Å². The van der Waals surface area contributed by atoms with Crippen LogP contribution in [0.25, 0.3) is 0 Å². The molecule has 0 aromatic heterocycles. The van der Waals surface area contributed by atoms with Gasteiger partial charge in [-0.2, -0.15) is 0 Å². The third-order valence-electron chi connectivity index (χ3n) is 2.54. The maximum Gasteiger partial charge on any atom is 0.227 e. The van der Waals surface area contributed by atoms with Crippen molar-refractivity contribution in [3.63, 3.8) is 0 Å². The number of nitrogens with zero attached hydrogens (tertiary/aromatic N) is 1. The molecule has 76 valence electrons. The third-order valence-corrected chi connectivity index (χ3v) is 2.54. The Morgan fingerprint density at radius 2 is 2.31 bits per heavy atom. The largest absolute Gasteiger partial charge is 0.359 e. The van der Waals surface area contributed by atoms with E-state index in [1.807, 2.05) is 4.90 Å². The van der Waals surface area contributed by atoms with Gasteiger partial charge in [-0.25, -0.2) is 0 Å². The van der Waals surface area contributed by atoms with Crippen LogP contribution in [0, 0.1) is 5.92 Å². The summed E-state index contributed by atoms with van der Waals surface area (Å²) in [5.74, 6) is 0.494. The summed E-state index contributed by atoms with van der Waals surface area (Å²) < 4.78 is 5.16. The zero-order valence-electron chi connectivity index (χ0n) is 8.58. The van der Waals surface area contributed by atoms with Crippen molar-refractivity contribution in [2.45, 2.75) is 33.1 Å². The molecule has 1 rings (SSSR count). The molecule has 1 unspecified atom stereocenters. The molecular formula is C10H19NO2. The van der Waals surface area contributed by atoms with Gasteiger partial charge in [0.25, 0.3) is 0 Å². The number of hydrogen-bond acceptors (Lipinski definition) is 2. The summed E-state index contributed by atoms with van der Waals surface area (Å²) in [6.07, 6.45) is 3.04. The van der Waals surface area contributed by atoms with Gasteiger partial charge in [-0.05, 0) is 12.8 Å². The number of rotatable bonds is 4. The van der Waals surface area contributed by atoms with Crippen LogP contribution in [0.4, 0.5) is 0 Å². The van der Waals surface area contributed by atoms with Gasteiger partial charge in [0, 0.05) is 12.5 Å². The normalized spacial score (nSPS) is 19.1. The zero-order valence-corrected chi connectivity index (χ0v) is 8.58. The van der Waals surface area contributed by atoms with Gasteiger partial charge in [0.15, 0.2) is 0 Å². The molecule has 3 nitrogen and oxygen atoms in total. The van der Waals surface area contributed by atoms with Crippen molar-refractivity contribution in [2.75, 3.05) is 19.9 Å². The molecule has 0 aromatic rings. The number of amides is 1. The second-order valence-corrected chi connectivity index (χ2v) is 3.53. The maximum atomic E-state index is 11.8. The average Bonchev–Trinajstić information content (AvgIpc) is 2.65. The van der Waals surface area contributed by atoms with Gasteiger partial charge in [0.2, 0.25) is 5.91 Å². The molecule has 0 saturated carbocycles. The SMILES string of the molecule is CCCC(CC)C(=O)N1CCOC1. The van der Waals surface area contributed by atoms with Crippen LogP contribution < -0.4 is 0 Å². The van der Waals surface area contributed by atoms with E-state index in [-0.39, 0.29) is 11.8 Å². The monoisotopic (exact) mass is 185 g/mol. The Labute approximate surface area is 80.1 Å². The van der Waals surface area contributed by atoms with E-state index in [1.165, 1.54) is 0 Å². The first kappa shape index (κ1) is 10.5. The van der Waals surface area contributed by atoms with Crippen molar-refractivity contribution in [3.8, 4) is 0 Å². The first-order chi connectivity index (χ1) is 6.29. The van der Waals surface area contributed by atoms with Gasteiger partial charge < -0.3 is 9.64 Å². The average molecular weight is 185 g/mol. The highest BCUT2D eigenvalue weighted by molar-refractivity contribution is 5.78. The Morgan fingerprint density at radius 1 is 1.54 bits per heavy atom. The highest BCUT2D eigenvalue weighted by atomic mass is 16.5. The minimum absolute atomic E-state index is 0.215. The van der Waals surface area contributed by atoms with E-state index in [0.29, 0.717) is 13.3 Å². The first-order valence-corrected chi connectivity index (χ1v) is 5.16. The molecule has 1 aliphatic rings. The molecule has 1 aliphatic heterocycles. The molecule has 0 radical (unpaired) electrons. The Balaban J connectivity index is 2.42. The maximum absolute atomic E-state index is 11.8. The summed E-state index contributed by atoms with van der Waals surface area (Å²) in [6.45, 7) is 6.18. The summed E-state index contributed by atoms with van der Waals surface area (Å²) in [4.78, 5) is 13.6. The van der Waals surface area contributed by atoms with Crippen molar-refractivity contribution in [1.82, 2.24) is 4.90 Å². The minimum Gasteiger partial charge on any atom is -0.359 e. The molecular weight excluding hydrogens is 166 g/mol. The molecule has 0 spiro atoms. The van der Waals surface area contributed by atoms with Crippen LogP contribution in [0.15, 0.2) is 0 Å². The summed E-state index contributed by atoms with van der Waals surface area (Å²) in [5.41, 5.74) is 0. The number of hydrogen-bond donors (Lipinski definition) is 0. The van der Waals surface area contributed by atoms with E-state index in [1.54, 1.807) is 0 Å². The fourth-order valence-corrected chi connectivity index (χ4v) is 1.70. The van der Waals surface area contributed by atoms with Crippen molar-refractivity contribution in [1.29, 1.82) is 0 Å². The number of carbonyl (C=O) groups excluding carboxylic acids is 1. The lowest BCUT2D eigenvalue weighted by atomic mass is 9.99. The van der Waals surface area contributed by atoms with Crippen molar-refractivity contribution in [3.05, 3.63) is 0 Å². The molecule has 1 saturated heterocycles. The fourth-order valence-electron chi connectivity index (χ4n) is 1.70. The molecule has 0 aromatic carbocycles. The van der Waals surface area contributed by atoms with Gasteiger partial charge in [0.1, 0.15) is 6.73 Å². The smallest absolute Gasteiger partial charge is 0.227 e. The predicted octanol–water partition coefficient (Wildman–Crippen LogP) is 1.63. The first-order valence-electron chi connectivity index (χ1n) is 5.16. The molecule has 1 heterocycles. The lowest BCUT2D eigenvalue weighted by molar-refractivity contribution is -0.136. The molecule has 0 aliphatic carbocycles. The Morgan fingerprint density at radius 3 is 2.77 bits per heavy atom. The third kappa shape index (κ3) is 2.69. The van der Waals surface area contributed by atoms with Crippen LogP contribution >= 0.6 is 0 Å². The Bertz CT molecular complexity index is 164. The fraction of sp³-hybridized carbons (Fsp3) is 0.900. The van der Waals surface area contributed by atoms with Crippen molar-refractivity contribution < 1.29 is 9.53 Å². The molecule has 3 heteroatoms. The van der Waals surface area contributed by atoms with Crippen LogP contribution in [-0.4, -0.2) is 30.7 Å². The summed E-state index contributed by atoms with van der Waals surface area (Å²) >= 11 is 0. The topological polar surface area (TPSA) is 29.5 Å². The second-order valence-electron chi connectivity index (χ2n) is 3.53. The van der Waals surface area contributed by atoms with E-state index in [0.717, 1.165) is 25.8 Å². The standard InChI is InChI=1S/C10H19NO2/c1-3-5-9(4-2)10(12)11-6-7-13-8-11/h9H,3-8H2,1-2H3. The second kappa shape index (κ2) is 5.22. The quantitative estimate of drug-likeness (QED) is 0.666. The predicted molar refractivity (Wildman–Crippen MR) is 51.2 cm³/mol. The molecule has 1 amide bonds. The van der Waals surface area contributed by atoms with Gasteiger partial charge in [-0.15, -0.1) is 0 Å². The van der Waals surface area contributed by atoms with Gasteiger partial charge in [-0.1, -0.05) is 20.3 Å². The lowest BCUT2D eigenvalue weighted by Gasteiger charge is -2.20. The number of carbonyl (C=O) groups is 1. The van der Waals surface area contributed by atoms with E-state index >= 15 is 0 Å². The van der Waals surface area contributed by atoms with E-state index in [4.69, 9.17) is 4.74 Å². The van der Waals surface area contributed by atoms with Crippen molar-refractivity contribution in [2.24, 2.45) is 5.92 Å². The molecule has 0 N–H and O–H groups in total. The molecule has 1 atom stereocenters. The van der Waals surface area contributed by atoms with Crippen molar-refractivity contribution >= 4 is 5.91 Å². The molecule has 13 heavy (non-hydrogen) atoms. The lowest BCUT2D eigenvalue weighted by Crippen LogP contribution is -2.33. The van der Waals surface area contributed by atoms with E-state index < -0.39 is 0 Å². The minimum atomic E-state index is 0.215. The summed E-state index contributed by atoms with van der Waals surface area (Å²) in [7, 11) is 0. The number of ether oxygens (including phenoxy) is 1. The van der Waals surface area contributed by atoms with Crippen LogP contribution in [0.5, 0.6) is 0 Å². The highest BCUT2D eigenvalue weighted by Crippen LogP contribution is 2.15. The van der Waals surface area contributed by atoms with Gasteiger partial charge in [-0.3, -0.25) is 4.79 Å². The molecule has 0 bridgehead atoms. The van der Waals surface area contributed by atoms with E-state index in [2.05, 4.69) is 13.8 Å². The van der Waals surface area contributed by atoms with Gasteiger partial charge >= 0.3 is 0 Å².